The van der Waals surface area contributed by atoms with Crippen molar-refractivity contribution in [3.05, 3.63) is 51.5 Å². The van der Waals surface area contributed by atoms with Crippen molar-refractivity contribution in [2.24, 2.45) is 0 Å². The van der Waals surface area contributed by atoms with Gasteiger partial charge in [-0.3, -0.25) is 0 Å². The molecule has 1 fully saturated rings. The third-order valence-electron chi connectivity index (χ3n) is 9.96. The Morgan fingerprint density at radius 2 is 2.05 bits per heavy atom. The summed E-state index contributed by atoms with van der Waals surface area (Å²) >= 11 is 1.55. The van der Waals surface area contributed by atoms with Crippen LogP contribution in [-0.2, 0) is 18.3 Å². The first-order valence-corrected chi connectivity index (χ1v) is 16.0. The number of likely N-dealkylation sites (N-methyl/N-ethyl adjacent to an activating group) is 1. The monoisotopic (exact) mass is 594 g/mol. The van der Waals surface area contributed by atoms with E-state index >= 15 is 0 Å². The molecule has 0 radical (unpaired) electrons. The summed E-state index contributed by atoms with van der Waals surface area (Å²) in [6.45, 7) is 5.28. The minimum Gasteiger partial charge on any atom is -0.389 e. The maximum atomic E-state index is 10.1. The molecule has 3 aliphatic rings. The Balaban J connectivity index is 1.32. The summed E-state index contributed by atoms with van der Waals surface area (Å²) in [5.41, 5.74) is 11.0. The van der Waals surface area contributed by atoms with E-state index in [9.17, 15) is 5.26 Å². The number of likely N-dealkylation sites (tertiary alicyclic amines) is 1. The minimum atomic E-state index is -0.402. The summed E-state index contributed by atoms with van der Waals surface area (Å²) in [4.78, 5) is 13.8. The molecule has 8 rings (SSSR count). The predicted octanol–water partition coefficient (Wildman–Crippen LogP) is 5.10. The molecule has 3 atom stereocenters. The number of nitrogens with zero attached hydrogens (tertiary/aromatic N) is 9. The van der Waals surface area contributed by atoms with Gasteiger partial charge in [-0.1, -0.05) is 5.16 Å². The van der Waals surface area contributed by atoms with Crippen molar-refractivity contribution >= 4 is 27.4 Å². The molecule has 0 bridgehead atoms. The van der Waals surface area contributed by atoms with Crippen molar-refractivity contribution in [1.29, 1.82) is 5.26 Å². The number of hydrogen-bond acceptors (Lipinski definition) is 10. The molecule has 2 N–H and O–H groups in total. The summed E-state index contributed by atoms with van der Waals surface area (Å²) in [6, 6.07) is 4.88. The van der Waals surface area contributed by atoms with Crippen LogP contribution in [0.1, 0.15) is 84.5 Å². The molecule has 0 saturated carbocycles. The van der Waals surface area contributed by atoms with E-state index in [1.54, 1.807) is 16.0 Å². The largest absolute Gasteiger partial charge is 0.389 e. The number of anilines is 1. The van der Waals surface area contributed by atoms with E-state index in [2.05, 4.69) is 30.1 Å². The fourth-order valence-electron chi connectivity index (χ4n) is 7.95. The average Bonchev–Trinajstić information content (AvgIpc) is 3.83. The first-order valence-electron chi connectivity index (χ1n) is 15.2. The van der Waals surface area contributed by atoms with Crippen LogP contribution in [0, 0.1) is 18.3 Å². The van der Waals surface area contributed by atoms with Crippen LogP contribution in [0.2, 0.25) is 0 Å². The van der Waals surface area contributed by atoms with Gasteiger partial charge in [-0.2, -0.15) is 15.5 Å². The second-order valence-corrected chi connectivity index (χ2v) is 13.5. The van der Waals surface area contributed by atoms with E-state index in [1.807, 2.05) is 30.1 Å². The molecule has 220 valence electrons. The zero-order valence-corrected chi connectivity index (χ0v) is 25.5. The van der Waals surface area contributed by atoms with Crippen molar-refractivity contribution in [3.8, 4) is 23.4 Å². The van der Waals surface area contributed by atoms with Crippen LogP contribution in [0.15, 0.2) is 23.0 Å². The highest BCUT2D eigenvalue weighted by molar-refractivity contribution is 7.16. The first-order chi connectivity index (χ1) is 20.9. The molecular weight excluding hydrogens is 560 g/mol. The van der Waals surface area contributed by atoms with Crippen LogP contribution in [0.3, 0.4) is 0 Å². The van der Waals surface area contributed by atoms with E-state index < -0.39 is 5.41 Å². The smallest absolute Gasteiger partial charge is 0.186 e. The number of thiophene rings is 1. The van der Waals surface area contributed by atoms with Gasteiger partial charge in [0.15, 0.2) is 28.7 Å². The van der Waals surface area contributed by atoms with Crippen LogP contribution in [-0.4, -0.2) is 59.2 Å². The number of aryl methyl sites for hydroxylation is 2. The fraction of sp³-hybridized carbons (Fsp3) is 0.484. The number of aromatic nitrogens is 7. The van der Waals surface area contributed by atoms with E-state index in [0.29, 0.717) is 33.9 Å². The number of nitrogens with two attached hydrogens (primary N) is 1. The molecule has 11 nitrogen and oxygen atoms in total. The Bertz CT molecular complexity index is 1920. The zero-order chi connectivity index (χ0) is 29.5. The van der Waals surface area contributed by atoms with Gasteiger partial charge in [0, 0.05) is 22.7 Å². The third kappa shape index (κ3) is 3.84. The fourth-order valence-corrected chi connectivity index (χ4v) is 9.11. The standard InChI is InChI=1S/C31H34N10OS/c1-17-10-14-40(37-17)29-21-16-34-41(18(2)22-8-6-13-39(22)3)30(21)36-28(35-29)25-19-7-4-11-31(26(19)42-38-25)12-5-9-23-24(31)20(15-32)27(33)43-23/h10,14,16,18,22H,4-9,11-13,33H2,1-3H3. The van der Waals surface area contributed by atoms with Gasteiger partial charge >= 0.3 is 0 Å². The van der Waals surface area contributed by atoms with E-state index in [1.165, 1.54) is 11.3 Å². The van der Waals surface area contributed by atoms with Gasteiger partial charge in [0.25, 0.3) is 0 Å². The molecule has 0 aromatic carbocycles. The highest BCUT2D eigenvalue weighted by atomic mass is 32.1. The number of nitriles is 1. The Hall–Kier alpha value is -4.08. The summed E-state index contributed by atoms with van der Waals surface area (Å²) < 4.78 is 10.1. The maximum absolute atomic E-state index is 10.1. The summed E-state index contributed by atoms with van der Waals surface area (Å²) in [5, 5.41) is 25.7. The van der Waals surface area contributed by atoms with Crippen LogP contribution in [0.25, 0.3) is 28.4 Å². The normalized spacial score (nSPS) is 22.6. The van der Waals surface area contributed by atoms with Crippen molar-refractivity contribution in [2.45, 2.75) is 82.7 Å². The number of hydrogen-bond donors (Lipinski definition) is 1. The van der Waals surface area contributed by atoms with E-state index in [0.717, 1.165) is 85.1 Å². The molecule has 12 heteroatoms. The first kappa shape index (κ1) is 26.5. The van der Waals surface area contributed by atoms with E-state index in [4.69, 9.17) is 30.4 Å². The van der Waals surface area contributed by atoms with Crippen LogP contribution in [0.4, 0.5) is 5.00 Å². The summed E-state index contributed by atoms with van der Waals surface area (Å²) in [6.07, 6.45) is 11.6. The van der Waals surface area contributed by atoms with Crippen molar-refractivity contribution in [1.82, 2.24) is 39.6 Å². The lowest BCUT2D eigenvalue weighted by molar-refractivity contribution is 0.232. The predicted molar refractivity (Wildman–Crippen MR) is 163 cm³/mol. The number of rotatable bonds is 4. The Morgan fingerprint density at radius 3 is 2.79 bits per heavy atom. The average molecular weight is 595 g/mol. The van der Waals surface area contributed by atoms with Crippen molar-refractivity contribution < 1.29 is 4.52 Å². The topological polar surface area (TPSA) is 140 Å². The molecule has 0 amide bonds. The molecule has 1 spiro atoms. The lowest BCUT2D eigenvalue weighted by Crippen LogP contribution is -2.35. The maximum Gasteiger partial charge on any atom is 0.186 e. The molecule has 5 aromatic heterocycles. The lowest BCUT2D eigenvalue weighted by Gasteiger charge is -2.39. The minimum absolute atomic E-state index is 0.128. The van der Waals surface area contributed by atoms with Gasteiger partial charge in [-0.25, -0.2) is 19.3 Å². The molecule has 43 heavy (non-hydrogen) atoms. The van der Waals surface area contributed by atoms with Gasteiger partial charge in [0.05, 0.1) is 34.3 Å². The third-order valence-corrected chi connectivity index (χ3v) is 11.0. The highest BCUT2D eigenvalue weighted by Gasteiger charge is 2.49. The van der Waals surface area contributed by atoms with Crippen molar-refractivity contribution in [2.75, 3.05) is 19.3 Å². The quantitative estimate of drug-likeness (QED) is 0.301. The van der Waals surface area contributed by atoms with Crippen LogP contribution < -0.4 is 5.73 Å². The molecule has 1 saturated heterocycles. The molecule has 2 aliphatic carbocycles. The van der Waals surface area contributed by atoms with Gasteiger partial charge < -0.3 is 15.2 Å². The molecular formula is C31H34N10OS. The second-order valence-electron chi connectivity index (χ2n) is 12.4. The molecule has 6 heterocycles. The van der Waals surface area contributed by atoms with Crippen LogP contribution >= 0.6 is 11.3 Å². The number of nitrogen functional groups attached to an aromatic ring is 1. The van der Waals surface area contributed by atoms with Crippen LogP contribution in [0.5, 0.6) is 0 Å². The Labute approximate surface area is 253 Å². The molecule has 3 unspecified atom stereocenters. The van der Waals surface area contributed by atoms with E-state index in [-0.39, 0.29) is 6.04 Å². The Kier molecular flexibility index (Phi) is 6.00. The highest BCUT2D eigenvalue weighted by Crippen LogP contribution is 2.55. The molecule has 5 aromatic rings. The second kappa shape index (κ2) is 9.72. The molecule has 1 aliphatic heterocycles. The number of fused-ring (bicyclic) bond motifs is 5. The van der Waals surface area contributed by atoms with Gasteiger partial charge in [0.1, 0.15) is 11.1 Å². The van der Waals surface area contributed by atoms with Gasteiger partial charge in [-0.15, -0.1) is 11.3 Å². The van der Waals surface area contributed by atoms with Gasteiger partial charge in [0.2, 0.25) is 0 Å². The van der Waals surface area contributed by atoms with Crippen molar-refractivity contribution in [3.63, 3.8) is 0 Å². The SMILES string of the molecule is Cc1ccn(-c2nc(-c3noc4c3CCCC43CCCc4sc(N)c(C#N)c43)nc3c2cnn3C(C)C2CCCN2C)n1. The summed E-state index contributed by atoms with van der Waals surface area (Å²) in [5.74, 6) is 2.03. The van der Waals surface area contributed by atoms with Gasteiger partial charge in [-0.05, 0) is 90.4 Å². The lowest BCUT2D eigenvalue weighted by atomic mass is 9.63. The zero-order valence-electron chi connectivity index (χ0n) is 24.7. The Morgan fingerprint density at radius 1 is 1.21 bits per heavy atom. The summed E-state index contributed by atoms with van der Waals surface area (Å²) in [7, 11) is 2.19.